The molecule has 5 heteroatoms. The number of carbonyl (C=O) groups excluding carboxylic acids is 1. The Kier molecular flexibility index (Phi) is 6.37. The minimum atomic E-state index is -2.61. The molecular weight excluding hydrogens is 264 g/mol. The Morgan fingerprint density at radius 3 is 2.20 bits per heavy atom. The molecule has 0 aliphatic heterocycles. The van der Waals surface area contributed by atoms with E-state index >= 15 is 0 Å². The van der Waals surface area contributed by atoms with E-state index in [9.17, 15) is 18.7 Å². The average molecular weight is 291 g/mol. The molecule has 20 heavy (non-hydrogen) atoms. The summed E-state index contributed by atoms with van der Waals surface area (Å²) >= 11 is 0. The highest BCUT2D eigenvalue weighted by Crippen LogP contribution is 2.36. The summed E-state index contributed by atoms with van der Waals surface area (Å²) in [6, 6.07) is 0. The van der Waals surface area contributed by atoms with Crippen LogP contribution in [0.4, 0.5) is 8.78 Å². The van der Waals surface area contributed by atoms with Crippen molar-refractivity contribution >= 4 is 5.91 Å². The summed E-state index contributed by atoms with van der Waals surface area (Å²) in [5, 5.41) is 13.2. The Morgan fingerprint density at radius 2 is 1.75 bits per heavy atom. The predicted octanol–water partition coefficient (Wildman–Crippen LogP) is 3.26. The fourth-order valence-corrected chi connectivity index (χ4v) is 2.93. The maximum atomic E-state index is 13.0. The third-order valence-corrected chi connectivity index (χ3v) is 4.11. The van der Waals surface area contributed by atoms with Crippen molar-refractivity contribution in [3.63, 3.8) is 0 Å². The van der Waals surface area contributed by atoms with Crippen molar-refractivity contribution in [3.8, 4) is 0 Å². The van der Waals surface area contributed by atoms with E-state index in [1.165, 1.54) is 0 Å². The molecule has 0 atom stereocenters. The molecule has 1 fully saturated rings. The summed E-state index contributed by atoms with van der Waals surface area (Å²) in [6.07, 6.45) is 3.04. The van der Waals surface area contributed by atoms with Crippen LogP contribution in [0.2, 0.25) is 0 Å². The summed E-state index contributed by atoms with van der Waals surface area (Å²) in [7, 11) is 0. The third kappa shape index (κ3) is 5.35. The number of aliphatic hydroxyl groups is 1. The molecule has 0 aromatic rings. The number of hydrogen-bond donors (Lipinski definition) is 2. The van der Waals surface area contributed by atoms with E-state index in [-0.39, 0.29) is 44.1 Å². The number of amides is 1. The molecule has 0 radical (unpaired) electrons. The quantitative estimate of drug-likeness (QED) is 0.756. The Hall–Kier alpha value is -0.710. The minimum Gasteiger partial charge on any atom is -0.388 e. The summed E-state index contributed by atoms with van der Waals surface area (Å²) in [6.45, 7) is 4.21. The molecule has 0 saturated heterocycles. The average Bonchev–Trinajstić information content (AvgIpc) is 2.37. The van der Waals surface area contributed by atoms with E-state index in [0.29, 0.717) is 12.8 Å². The standard InChI is InChI=1S/C15H27F2NO2/c1-3-7-14(20,8-4-2)11-18-13(19)12-5-9-15(16,17)10-6-12/h12,20H,3-11H2,1-2H3,(H,18,19). The van der Waals surface area contributed by atoms with Crippen LogP contribution in [-0.4, -0.2) is 29.1 Å². The van der Waals surface area contributed by atoms with Crippen molar-refractivity contribution in [1.82, 2.24) is 5.32 Å². The SMILES string of the molecule is CCCC(O)(CCC)CNC(=O)C1CCC(F)(F)CC1. The van der Waals surface area contributed by atoms with Gasteiger partial charge in [-0.1, -0.05) is 26.7 Å². The first kappa shape index (κ1) is 17.3. The van der Waals surface area contributed by atoms with Gasteiger partial charge in [0, 0.05) is 25.3 Å². The molecule has 0 spiro atoms. The molecule has 2 N–H and O–H groups in total. The van der Waals surface area contributed by atoms with E-state index < -0.39 is 11.5 Å². The molecule has 0 aromatic heterocycles. The van der Waals surface area contributed by atoms with Crippen LogP contribution in [0.25, 0.3) is 0 Å². The monoisotopic (exact) mass is 291 g/mol. The molecule has 1 aliphatic carbocycles. The van der Waals surface area contributed by atoms with Crippen LogP contribution in [0, 0.1) is 5.92 Å². The number of alkyl halides is 2. The maximum absolute atomic E-state index is 13.0. The van der Waals surface area contributed by atoms with Gasteiger partial charge in [-0.05, 0) is 25.7 Å². The van der Waals surface area contributed by atoms with Crippen LogP contribution >= 0.6 is 0 Å². The second-order valence-electron chi connectivity index (χ2n) is 6.07. The Labute approximate surface area is 120 Å². The molecule has 118 valence electrons. The van der Waals surface area contributed by atoms with Crippen LogP contribution in [0.5, 0.6) is 0 Å². The lowest BCUT2D eigenvalue weighted by Gasteiger charge is -2.31. The van der Waals surface area contributed by atoms with Gasteiger partial charge in [-0.25, -0.2) is 8.78 Å². The van der Waals surface area contributed by atoms with Gasteiger partial charge in [0.05, 0.1) is 5.60 Å². The zero-order valence-electron chi connectivity index (χ0n) is 12.6. The lowest BCUT2D eigenvalue weighted by molar-refractivity contribution is -0.130. The maximum Gasteiger partial charge on any atom is 0.248 e. The number of rotatable bonds is 7. The molecule has 0 aromatic carbocycles. The molecular formula is C15H27F2NO2. The van der Waals surface area contributed by atoms with Gasteiger partial charge in [-0.3, -0.25) is 4.79 Å². The van der Waals surface area contributed by atoms with E-state index in [1.807, 2.05) is 13.8 Å². The molecule has 1 amide bonds. The van der Waals surface area contributed by atoms with E-state index in [1.54, 1.807) is 0 Å². The van der Waals surface area contributed by atoms with Crippen molar-refractivity contribution in [2.75, 3.05) is 6.54 Å². The molecule has 3 nitrogen and oxygen atoms in total. The van der Waals surface area contributed by atoms with Crippen LogP contribution in [0.15, 0.2) is 0 Å². The first-order chi connectivity index (χ1) is 9.32. The van der Waals surface area contributed by atoms with Crippen molar-refractivity contribution in [2.45, 2.75) is 76.7 Å². The van der Waals surface area contributed by atoms with Crippen LogP contribution in [0.3, 0.4) is 0 Å². The predicted molar refractivity (Wildman–Crippen MR) is 74.7 cm³/mol. The van der Waals surface area contributed by atoms with Crippen LogP contribution in [0.1, 0.15) is 65.2 Å². The molecule has 0 heterocycles. The number of hydrogen-bond acceptors (Lipinski definition) is 2. The highest BCUT2D eigenvalue weighted by molar-refractivity contribution is 5.78. The van der Waals surface area contributed by atoms with Gasteiger partial charge in [-0.15, -0.1) is 0 Å². The summed E-state index contributed by atoms with van der Waals surface area (Å²) < 4.78 is 26.1. The second-order valence-corrected chi connectivity index (χ2v) is 6.07. The lowest BCUT2D eigenvalue weighted by Crippen LogP contribution is -2.45. The number of carbonyl (C=O) groups is 1. The summed E-state index contributed by atoms with van der Waals surface area (Å²) in [4.78, 5) is 12.0. The fraction of sp³-hybridized carbons (Fsp3) is 0.933. The molecule has 1 rings (SSSR count). The Balaban J connectivity index is 2.42. The Morgan fingerprint density at radius 1 is 1.25 bits per heavy atom. The highest BCUT2D eigenvalue weighted by Gasteiger charge is 2.37. The largest absolute Gasteiger partial charge is 0.388 e. The van der Waals surface area contributed by atoms with Gasteiger partial charge in [0.15, 0.2) is 0 Å². The molecule has 0 unspecified atom stereocenters. The first-order valence-electron chi connectivity index (χ1n) is 7.70. The van der Waals surface area contributed by atoms with E-state index in [0.717, 1.165) is 12.8 Å². The van der Waals surface area contributed by atoms with Gasteiger partial charge < -0.3 is 10.4 Å². The molecule has 0 bridgehead atoms. The number of halogens is 2. The highest BCUT2D eigenvalue weighted by atomic mass is 19.3. The third-order valence-electron chi connectivity index (χ3n) is 4.11. The van der Waals surface area contributed by atoms with Gasteiger partial charge in [-0.2, -0.15) is 0 Å². The normalized spacial score (nSPS) is 19.9. The van der Waals surface area contributed by atoms with Crippen molar-refractivity contribution in [1.29, 1.82) is 0 Å². The van der Waals surface area contributed by atoms with Crippen molar-refractivity contribution < 1.29 is 18.7 Å². The number of nitrogens with one attached hydrogen (secondary N) is 1. The van der Waals surface area contributed by atoms with Crippen molar-refractivity contribution in [2.24, 2.45) is 5.92 Å². The lowest BCUT2D eigenvalue weighted by atomic mass is 9.86. The van der Waals surface area contributed by atoms with Gasteiger partial charge in [0.25, 0.3) is 0 Å². The molecule has 1 saturated carbocycles. The van der Waals surface area contributed by atoms with E-state index in [4.69, 9.17) is 0 Å². The zero-order chi connectivity index (χ0) is 15.2. The topological polar surface area (TPSA) is 49.3 Å². The zero-order valence-corrected chi connectivity index (χ0v) is 12.6. The van der Waals surface area contributed by atoms with Gasteiger partial charge in [0.2, 0.25) is 11.8 Å². The Bertz CT molecular complexity index is 305. The van der Waals surface area contributed by atoms with Crippen LogP contribution < -0.4 is 5.32 Å². The second kappa shape index (κ2) is 7.34. The van der Waals surface area contributed by atoms with E-state index in [2.05, 4.69) is 5.32 Å². The molecule has 1 aliphatic rings. The fourth-order valence-electron chi connectivity index (χ4n) is 2.93. The van der Waals surface area contributed by atoms with Gasteiger partial charge in [0.1, 0.15) is 0 Å². The first-order valence-corrected chi connectivity index (χ1v) is 7.70. The van der Waals surface area contributed by atoms with Crippen LogP contribution in [-0.2, 0) is 4.79 Å². The summed E-state index contributed by atoms with van der Waals surface area (Å²) in [5.41, 5.74) is -0.863. The smallest absolute Gasteiger partial charge is 0.248 e. The van der Waals surface area contributed by atoms with Gasteiger partial charge >= 0.3 is 0 Å². The van der Waals surface area contributed by atoms with Crippen molar-refractivity contribution in [3.05, 3.63) is 0 Å². The summed E-state index contributed by atoms with van der Waals surface area (Å²) in [5.74, 6) is -3.13. The minimum absolute atomic E-state index is 0.189.